The molecule has 0 amide bonds. The van der Waals surface area contributed by atoms with Crippen LogP contribution < -0.4 is 0 Å². The van der Waals surface area contributed by atoms with Crippen molar-refractivity contribution in [1.29, 1.82) is 0 Å². The smallest absolute Gasteiger partial charge is 0.237 e. The standard InChI is InChI=1S/C9H12N4OS3/c1-3-6-10-7(14-13-6)5-16-9-12-11-8(17-9)15-4-2/h3-5H2,1-2H3. The molecule has 2 aromatic heterocycles. The molecule has 17 heavy (non-hydrogen) atoms. The molecular weight excluding hydrogens is 276 g/mol. The van der Waals surface area contributed by atoms with Crippen LogP contribution in [0, 0.1) is 0 Å². The van der Waals surface area contributed by atoms with Crippen LogP contribution in [0.3, 0.4) is 0 Å². The average molecular weight is 288 g/mol. The maximum atomic E-state index is 5.10. The van der Waals surface area contributed by atoms with E-state index in [2.05, 4.69) is 27.3 Å². The number of aryl methyl sites for hydroxylation is 1. The molecule has 5 nitrogen and oxygen atoms in total. The van der Waals surface area contributed by atoms with Gasteiger partial charge in [-0.3, -0.25) is 0 Å². The molecule has 2 rings (SSSR count). The van der Waals surface area contributed by atoms with Gasteiger partial charge in [0.05, 0.1) is 5.75 Å². The highest BCUT2D eigenvalue weighted by molar-refractivity contribution is 8.02. The lowest BCUT2D eigenvalue weighted by atomic mass is 10.5. The van der Waals surface area contributed by atoms with Crippen molar-refractivity contribution < 1.29 is 4.52 Å². The van der Waals surface area contributed by atoms with Gasteiger partial charge in [0.25, 0.3) is 0 Å². The Morgan fingerprint density at radius 2 is 1.94 bits per heavy atom. The molecule has 0 aliphatic rings. The summed E-state index contributed by atoms with van der Waals surface area (Å²) in [6, 6.07) is 0. The van der Waals surface area contributed by atoms with Crippen molar-refractivity contribution in [1.82, 2.24) is 20.3 Å². The van der Waals surface area contributed by atoms with Gasteiger partial charge in [-0.15, -0.1) is 10.2 Å². The van der Waals surface area contributed by atoms with Crippen molar-refractivity contribution in [2.75, 3.05) is 5.75 Å². The lowest BCUT2D eigenvalue weighted by Crippen LogP contribution is -1.84. The molecule has 0 aliphatic carbocycles. The van der Waals surface area contributed by atoms with E-state index in [0.717, 1.165) is 26.7 Å². The van der Waals surface area contributed by atoms with Crippen LogP contribution in [0.1, 0.15) is 25.6 Å². The minimum atomic E-state index is 0.645. The van der Waals surface area contributed by atoms with Gasteiger partial charge >= 0.3 is 0 Å². The third kappa shape index (κ3) is 3.68. The number of aromatic nitrogens is 4. The normalized spacial score (nSPS) is 10.9. The van der Waals surface area contributed by atoms with Crippen molar-refractivity contribution in [3.8, 4) is 0 Å². The summed E-state index contributed by atoms with van der Waals surface area (Å²) in [7, 11) is 0. The zero-order chi connectivity index (χ0) is 12.1. The SMILES string of the molecule is CCSc1nnc(SCc2nc(CC)no2)s1. The Bertz CT molecular complexity index is 470. The summed E-state index contributed by atoms with van der Waals surface area (Å²) in [5.74, 6) is 3.06. The number of thioether (sulfide) groups is 2. The van der Waals surface area contributed by atoms with E-state index in [9.17, 15) is 0 Å². The Balaban J connectivity index is 1.88. The minimum absolute atomic E-state index is 0.645. The first-order chi connectivity index (χ1) is 8.31. The van der Waals surface area contributed by atoms with E-state index in [1.165, 1.54) is 0 Å². The Kier molecular flexibility index (Phi) is 4.81. The molecule has 0 aliphatic heterocycles. The van der Waals surface area contributed by atoms with E-state index in [0.29, 0.717) is 11.6 Å². The van der Waals surface area contributed by atoms with Gasteiger partial charge < -0.3 is 4.52 Å². The van der Waals surface area contributed by atoms with Crippen molar-refractivity contribution in [2.24, 2.45) is 0 Å². The highest BCUT2D eigenvalue weighted by Gasteiger charge is 2.09. The van der Waals surface area contributed by atoms with E-state index in [4.69, 9.17) is 4.52 Å². The first-order valence-electron chi connectivity index (χ1n) is 5.22. The summed E-state index contributed by atoms with van der Waals surface area (Å²) >= 11 is 4.89. The number of nitrogens with zero attached hydrogens (tertiary/aromatic N) is 4. The number of hydrogen-bond donors (Lipinski definition) is 0. The van der Waals surface area contributed by atoms with Crippen LogP contribution in [-0.2, 0) is 12.2 Å². The molecule has 0 atom stereocenters. The molecule has 0 unspecified atom stereocenters. The fourth-order valence-corrected chi connectivity index (χ4v) is 3.81. The first kappa shape index (κ1) is 12.8. The third-order valence-corrected chi connectivity index (χ3v) is 4.86. The lowest BCUT2D eigenvalue weighted by Gasteiger charge is -1.89. The van der Waals surface area contributed by atoms with Crippen molar-refractivity contribution in [3.05, 3.63) is 11.7 Å². The quantitative estimate of drug-likeness (QED) is 0.757. The second kappa shape index (κ2) is 6.36. The molecule has 0 aromatic carbocycles. The van der Waals surface area contributed by atoms with Crippen LogP contribution in [0.4, 0.5) is 0 Å². The molecule has 0 N–H and O–H groups in total. The topological polar surface area (TPSA) is 64.7 Å². The zero-order valence-corrected chi connectivity index (χ0v) is 12.0. The molecule has 0 saturated heterocycles. The Hall–Kier alpha value is -0.600. The Labute approximate surface area is 112 Å². The van der Waals surface area contributed by atoms with Gasteiger partial charge in [0.15, 0.2) is 14.5 Å². The van der Waals surface area contributed by atoms with Crippen LogP contribution in [0.5, 0.6) is 0 Å². The third-order valence-electron chi connectivity index (χ3n) is 1.80. The fourth-order valence-electron chi connectivity index (χ4n) is 1.05. The van der Waals surface area contributed by atoms with Crippen LogP contribution in [-0.4, -0.2) is 26.1 Å². The minimum Gasteiger partial charge on any atom is -0.338 e. The zero-order valence-electron chi connectivity index (χ0n) is 9.54. The molecule has 92 valence electrons. The predicted molar refractivity (Wildman–Crippen MR) is 69.5 cm³/mol. The predicted octanol–water partition coefficient (Wildman–Crippen LogP) is 2.89. The summed E-state index contributed by atoms with van der Waals surface area (Å²) in [5, 5.41) is 12.0. The fraction of sp³-hybridized carbons (Fsp3) is 0.556. The highest BCUT2D eigenvalue weighted by atomic mass is 32.2. The van der Waals surface area contributed by atoms with Gasteiger partial charge in [-0.2, -0.15) is 4.98 Å². The van der Waals surface area contributed by atoms with Gasteiger partial charge in [-0.05, 0) is 5.75 Å². The van der Waals surface area contributed by atoms with Gasteiger partial charge in [-0.25, -0.2) is 0 Å². The Morgan fingerprint density at radius 1 is 1.18 bits per heavy atom. The largest absolute Gasteiger partial charge is 0.338 e. The number of hydrogen-bond acceptors (Lipinski definition) is 8. The van der Waals surface area contributed by atoms with Crippen molar-refractivity contribution in [3.63, 3.8) is 0 Å². The molecule has 0 fully saturated rings. The maximum absolute atomic E-state index is 5.10. The van der Waals surface area contributed by atoms with Gasteiger partial charge in [0.2, 0.25) is 5.89 Å². The van der Waals surface area contributed by atoms with Crippen LogP contribution in [0.15, 0.2) is 13.2 Å². The van der Waals surface area contributed by atoms with Gasteiger partial charge in [0, 0.05) is 6.42 Å². The molecule has 8 heteroatoms. The second-order valence-electron chi connectivity index (χ2n) is 3.01. The summed E-state index contributed by atoms with van der Waals surface area (Å²) in [4.78, 5) is 4.24. The molecule has 2 aromatic rings. The summed E-state index contributed by atoms with van der Waals surface area (Å²) in [6.45, 7) is 4.10. The number of rotatable bonds is 6. The van der Waals surface area contributed by atoms with E-state index < -0.39 is 0 Å². The monoisotopic (exact) mass is 288 g/mol. The molecule has 0 spiro atoms. The van der Waals surface area contributed by atoms with E-state index in [-0.39, 0.29) is 0 Å². The molecular formula is C9H12N4OS3. The Morgan fingerprint density at radius 3 is 2.59 bits per heavy atom. The lowest BCUT2D eigenvalue weighted by molar-refractivity contribution is 0.385. The molecule has 0 saturated carbocycles. The summed E-state index contributed by atoms with van der Waals surface area (Å²) < 4.78 is 7.05. The van der Waals surface area contributed by atoms with Crippen LogP contribution in [0.2, 0.25) is 0 Å². The summed E-state index contributed by atoms with van der Waals surface area (Å²) in [5.41, 5.74) is 0. The van der Waals surface area contributed by atoms with Crippen LogP contribution >= 0.6 is 34.9 Å². The second-order valence-corrected chi connectivity index (χ2v) is 6.72. The van der Waals surface area contributed by atoms with Crippen LogP contribution in [0.25, 0.3) is 0 Å². The van der Waals surface area contributed by atoms with Gasteiger partial charge in [-0.1, -0.05) is 53.9 Å². The molecule has 0 bridgehead atoms. The van der Waals surface area contributed by atoms with Crippen molar-refractivity contribution >= 4 is 34.9 Å². The van der Waals surface area contributed by atoms with Crippen molar-refractivity contribution in [2.45, 2.75) is 34.7 Å². The summed E-state index contributed by atoms with van der Waals surface area (Å²) in [6.07, 6.45) is 0.796. The van der Waals surface area contributed by atoms with E-state index in [1.807, 2.05) is 6.92 Å². The maximum Gasteiger partial charge on any atom is 0.237 e. The van der Waals surface area contributed by atoms with E-state index in [1.54, 1.807) is 34.9 Å². The first-order valence-corrected chi connectivity index (χ1v) is 8.01. The molecule has 0 radical (unpaired) electrons. The van der Waals surface area contributed by atoms with E-state index >= 15 is 0 Å². The van der Waals surface area contributed by atoms with Gasteiger partial charge in [0.1, 0.15) is 0 Å². The molecule has 2 heterocycles. The average Bonchev–Trinajstić information content (AvgIpc) is 2.95. The highest BCUT2D eigenvalue weighted by Crippen LogP contribution is 2.30.